The van der Waals surface area contributed by atoms with Crippen LogP contribution >= 0.6 is 23.2 Å². The predicted molar refractivity (Wildman–Crippen MR) is 93.1 cm³/mol. The number of nitrogens with two attached hydrogens (primary N) is 1. The van der Waals surface area contributed by atoms with E-state index >= 15 is 0 Å². The fourth-order valence-electron chi connectivity index (χ4n) is 2.12. The maximum Gasteiger partial charge on any atom is 0.267 e. The van der Waals surface area contributed by atoms with Crippen LogP contribution in [0, 0.1) is 0 Å². The van der Waals surface area contributed by atoms with Crippen LogP contribution in [0.15, 0.2) is 36.9 Å². The number of primary amides is 1. The van der Waals surface area contributed by atoms with E-state index in [0.717, 1.165) is 0 Å². The lowest BCUT2D eigenvalue weighted by Gasteiger charge is -2.08. The van der Waals surface area contributed by atoms with Gasteiger partial charge in [-0.25, -0.2) is 15.0 Å². The molecule has 26 heavy (non-hydrogen) atoms. The first-order valence-electron chi connectivity index (χ1n) is 7.19. The van der Waals surface area contributed by atoms with E-state index in [1.807, 2.05) is 0 Å². The molecule has 0 fully saturated rings. The van der Waals surface area contributed by atoms with Crippen LogP contribution in [0.3, 0.4) is 0 Å². The van der Waals surface area contributed by atoms with E-state index in [-0.39, 0.29) is 18.1 Å². The van der Waals surface area contributed by atoms with Gasteiger partial charge in [-0.15, -0.1) is 0 Å². The van der Waals surface area contributed by atoms with Crippen LogP contribution < -0.4 is 11.1 Å². The highest BCUT2D eigenvalue weighted by Crippen LogP contribution is 2.19. The topological polar surface area (TPSA) is 129 Å². The van der Waals surface area contributed by atoms with Gasteiger partial charge in [-0.3, -0.25) is 9.59 Å². The Morgan fingerprint density at radius 3 is 2.46 bits per heavy atom. The van der Waals surface area contributed by atoms with Gasteiger partial charge in [0.15, 0.2) is 11.6 Å². The number of hydrogen-bond donors (Lipinski definition) is 2. The monoisotopic (exact) mass is 391 g/mol. The van der Waals surface area contributed by atoms with E-state index in [2.05, 4.69) is 25.4 Å². The number of carbonyl (C=O) groups is 2. The molecule has 0 saturated heterocycles. The number of hydrogen-bond acceptors (Lipinski definition) is 6. The van der Waals surface area contributed by atoms with Gasteiger partial charge in [0.05, 0.1) is 6.54 Å². The number of carbonyl (C=O) groups excluding carboxylic acids is 2. The van der Waals surface area contributed by atoms with E-state index < -0.39 is 5.91 Å². The summed E-state index contributed by atoms with van der Waals surface area (Å²) in [5, 5.41) is 7.43. The van der Waals surface area contributed by atoms with Crippen LogP contribution in [0.25, 0.3) is 5.82 Å². The molecule has 0 atom stereocenters. The molecule has 2 heterocycles. The van der Waals surface area contributed by atoms with Crippen molar-refractivity contribution in [1.82, 2.24) is 30.0 Å². The zero-order valence-corrected chi connectivity index (χ0v) is 14.6. The zero-order valence-electron chi connectivity index (χ0n) is 13.1. The minimum Gasteiger partial charge on any atom is -0.364 e. The smallest absolute Gasteiger partial charge is 0.267 e. The highest BCUT2D eigenvalue weighted by atomic mass is 35.5. The molecule has 3 aromatic rings. The molecule has 0 aliphatic rings. The number of rotatable bonds is 5. The molecule has 0 bridgehead atoms. The number of halogens is 2. The molecule has 0 unspecified atom stereocenters. The number of amides is 2. The van der Waals surface area contributed by atoms with Gasteiger partial charge < -0.3 is 11.1 Å². The largest absolute Gasteiger partial charge is 0.364 e. The lowest BCUT2D eigenvalue weighted by atomic mass is 10.2. The normalized spacial score (nSPS) is 10.5. The molecule has 0 saturated carbocycles. The van der Waals surface area contributed by atoms with E-state index in [1.54, 1.807) is 0 Å². The molecular formula is C15H11Cl2N7O2. The summed E-state index contributed by atoms with van der Waals surface area (Å²) < 4.78 is 1.36. The fourth-order valence-corrected chi connectivity index (χ4v) is 2.65. The van der Waals surface area contributed by atoms with Crippen molar-refractivity contribution in [3.05, 3.63) is 64.0 Å². The summed E-state index contributed by atoms with van der Waals surface area (Å²) in [4.78, 5) is 35.4. The Morgan fingerprint density at radius 1 is 1.04 bits per heavy atom. The van der Waals surface area contributed by atoms with Gasteiger partial charge in [0.1, 0.15) is 18.3 Å². The molecule has 3 N–H and O–H groups in total. The Bertz CT molecular complexity index is 969. The van der Waals surface area contributed by atoms with Crippen molar-refractivity contribution in [2.45, 2.75) is 6.54 Å². The van der Waals surface area contributed by atoms with E-state index in [4.69, 9.17) is 28.9 Å². The van der Waals surface area contributed by atoms with E-state index in [9.17, 15) is 9.59 Å². The summed E-state index contributed by atoms with van der Waals surface area (Å²) in [6, 6.07) is 5.90. The van der Waals surface area contributed by atoms with Crippen molar-refractivity contribution in [2.75, 3.05) is 0 Å². The van der Waals surface area contributed by atoms with Gasteiger partial charge in [0.2, 0.25) is 0 Å². The molecule has 132 valence electrons. The van der Waals surface area contributed by atoms with E-state index in [1.165, 1.54) is 41.6 Å². The summed E-state index contributed by atoms with van der Waals surface area (Å²) in [7, 11) is 0. The van der Waals surface area contributed by atoms with Crippen molar-refractivity contribution >= 4 is 35.0 Å². The molecule has 0 aliphatic heterocycles. The predicted octanol–water partition coefficient (Wildman–Crippen LogP) is 1.39. The van der Waals surface area contributed by atoms with Gasteiger partial charge >= 0.3 is 0 Å². The SMILES string of the molecule is NC(=O)c1cc(-n2ncnc2CNC(=O)c2cc(Cl)cc(Cl)c2)ncn1. The first-order chi connectivity index (χ1) is 12.4. The fraction of sp³-hybridized carbons (Fsp3) is 0.0667. The second-order valence-electron chi connectivity index (χ2n) is 5.05. The minimum atomic E-state index is -0.693. The van der Waals surface area contributed by atoms with Crippen molar-refractivity contribution in [3.63, 3.8) is 0 Å². The molecular weight excluding hydrogens is 381 g/mol. The molecule has 1 aromatic carbocycles. The van der Waals surface area contributed by atoms with Gasteiger partial charge in [-0.1, -0.05) is 23.2 Å². The average Bonchev–Trinajstić information content (AvgIpc) is 3.07. The quantitative estimate of drug-likeness (QED) is 0.675. The first-order valence-corrected chi connectivity index (χ1v) is 7.95. The highest BCUT2D eigenvalue weighted by molar-refractivity contribution is 6.35. The van der Waals surface area contributed by atoms with Crippen LogP contribution in [0.2, 0.25) is 10.0 Å². The third-order valence-electron chi connectivity index (χ3n) is 3.27. The summed E-state index contributed by atoms with van der Waals surface area (Å²) in [5.74, 6) is -0.396. The number of aromatic nitrogens is 5. The first kappa shape index (κ1) is 17.8. The summed E-state index contributed by atoms with van der Waals surface area (Å²) in [6.45, 7) is 0.0544. The lowest BCUT2D eigenvalue weighted by molar-refractivity contribution is 0.0948. The Morgan fingerprint density at radius 2 is 1.77 bits per heavy atom. The van der Waals surface area contributed by atoms with Crippen LogP contribution in [0.1, 0.15) is 26.7 Å². The Hall–Kier alpha value is -3.04. The Labute approximate surface area is 157 Å². The molecule has 9 nitrogen and oxygen atoms in total. The maximum absolute atomic E-state index is 12.3. The summed E-state index contributed by atoms with van der Waals surface area (Å²) in [6.07, 6.45) is 2.48. The van der Waals surface area contributed by atoms with Crippen LogP contribution in [-0.4, -0.2) is 36.5 Å². The van der Waals surface area contributed by atoms with Gasteiger partial charge in [0.25, 0.3) is 11.8 Å². The van der Waals surface area contributed by atoms with Crippen molar-refractivity contribution in [2.24, 2.45) is 5.73 Å². The third-order valence-corrected chi connectivity index (χ3v) is 3.71. The molecule has 2 amide bonds. The molecule has 2 aromatic heterocycles. The maximum atomic E-state index is 12.3. The van der Waals surface area contributed by atoms with Crippen molar-refractivity contribution in [3.8, 4) is 5.82 Å². The Balaban J connectivity index is 1.78. The second-order valence-corrected chi connectivity index (χ2v) is 5.93. The third kappa shape index (κ3) is 3.95. The van der Waals surface area contributed by atoms with E-state index in [0.29, 0.717) is 27.3 Å². The summed E-state index contributed by atoms with van der Waals surface area (Å²) >= 11 is 11.8. The average molecular weight is 392 g/mol. The van der Waals surface area contributed by atoms with Gasteiger partial charge in [-0.2, -0.15) is 9.78 Å². The van der Waals surface area contributed by atoms with Crippen LogP contribution in [-0.2, 0) is 6.54 Å². The molecule has 11 heteroatoms. The molecule has 3 rings (SSSR count). The van der Waals surface area contributed by atoms with Crippen LogP contribution in [0.4, 0.5) is 0 Å². The van der Waals surface area contributed by atoms with Crippen LogP contribution in [0.5, 0.6) is 0 Å². The summed E-state index contributed by atoms with van der Waals surface area (Å²) in [5.41, 5.74) is 5.56. The highest BCUT2D eigenvalue weighted by Gasteiger charge is 2.13. The molecule has 0 radical (unpaired) electrons. The number of benzene rings is 1. The Kier molecular flexibility index (Phi) is 5.10. The molecule has 0 aliphatic carbocycles. The lowest BCUT2D eigenvalue weighted by Crippen LogP contribution is -2.25. The second kappa shape index (κ2) is 7.46. The standard InChI is InChI=1S/C15H11Cl2N7O2/c16-9-1-8(2-10(17)3-9)15(26)19-5-13-22-7-23-24(13)12-4-11(14(18)25)20-6-21-12/h1-4,6-7H,5H2,(H2,18,25)(H,19,26). The minimum absolute atomic E-state index is 0.0362. The van der Waals surface area contributed by atoms with Crippen molar-refractivity contribution < 1.29 is 9.59 Å². The molecule has 0 spiro atoms. The van der Waals surface area contributed by atoms with Gasteiger partial charge in [-0.05, 0) is 18.2 Å². The number of nitrogens with zero attached hydrogens (tertiary/aromatic N) is 5. The van der Waals surface area contributed by atoms with Gasteiger partial charge in [0, 0.05) is 21.7 Å². The zero-order chi connectivity index (χ0) is 18.7. The van der Waals surface area contributed by atoms with Crippen molar-refractivity contribution in [1.29, 1.82) is 0 Å². The number of nitrogens with one attached hydrogen (secondary N) is 1.